The van der Waals surface area contributed by atoms with Gasteiger partial charge in [-0.15, -0.1) is 0 Å². The van der Waals surface area contributed by atoms with E-state index >= 15 is 0 Å². The summed E-state index contributed by atoms with van der Waals surface area (Å²) in [7, 11) is 1.67. The van der Waals surface area contributed by atoms with E-state index in [-0.39, 0.29) is 0 Å². The molecule has 0 spiro atoms. The molecular weight excluding hydrogens is 294 g/mol. The van der Waals surface area contributed by atoms with E-state index < -0.39 is 0 Å². The van der Waals surface area contributed by atoms with Gasteiger partial charge in [0, 0.05) is 22.4 Å². The molecule has 18 heavy (non-hydrogen) atoms. The Labute approximate surface area is 113 Å². The molecule has 2 heterocycles. The maximum Gasteiger partial charge on any atom is 0.120 e. The molecule has 5 heteroatoms. The van der Waals surface area contributed by atoms with Crippen molar-refractivity contribution >= 4 is 22.1 Å². The molecule has 1 aliphatic rings. The van der Waals surface area contributed by atoms with E-state index in [4.69, 9.17) is 4.74 Å². The van der Waals surface area contributed by atoms with Crippen molar-refractivity contribution in [3.63, 3.8) is 0 Å². The number of aromatic nitrogens is 2. The number of fused-ring (bicyclic) bond motifs is 1. The molecule has 0 atom stereocenters. The Bertz CT molecular complexity index is 619. The predicted octanol–water partition coefficient (Wildman–Crippen LogP) is 2.63. The van der Waals surface area contributed by atoms with Crippen LogP contribution in [0.2, 0.25) is 0 Å². The average Bonchev–Trinajstić information content (AvgIpc) is 2.88. The zero-order valence-corrected chi connectivity index (χ0v) is 11.5. The topological polar surface area (TPSA) is 39.4 Å². The Balaban J connectivity index is 1.87. The van der Waals surface area contributed by atoms with Gasteiger partial charge in [-0.3, -0.25) is 9.67 Å². The van der Waals surface area contributed by atoms with Gasteiger partial charge in [-0.05, 0) is 23.8 Å². The minimum Gasteiger partial charge on any atom is -0.497 e. The minimum atomic E-state index is 0.699. The lowest BCUT2D eigenvalue weighted by Crippen LogP contribution is -2.01. The number of hydrogen-bond donors (Lipinski definition) is 0. The van der Waals surface area contributed by atoms with Crippen molar-refractivity contribution in [1.82, 2.24) is 9.78 Å². The lowest BCUT2D eigenvalue weighted by atomic mass is 10.2. The number of ether oxygens (including phenoxy) is 1. The molecule has 4 nitrogen and oxygen atoms in total. The molecule has 1 aromatic heterocycles. The molecule has 0 saturated heterocycles. The highest BCUT2D eigenvalue weighted by Gasteiger charge is 2.11. The fraction of sp³-hybridized carbons (Fsp3) is 0.231. The zero-order valence-electron chi connectivity index (χ0n) is 9.93. The van der Waals surface area contributed by atoms with Crippen molar-refractivity contribution in [2.75, 3.05) is 7.11 Å². The van der Waals surface area contributed by atoms with Gasteiger partial charge in [-0.1, -0.05) is 15.9 Å². The molecule has 0 N–H and O–H groups in total. The molecule has 0 fully saturated rings. The second-order valence-corrected chi connectivity index (χ2v) is 5.11. The van der Waals surface area contributed by atoms with Crippen LogP contribution < -0.4 is 4.74 Å². The SMILES string of the molecule is COc1cc(Br)cc(Cn2cc3c(n2)CN=C3)c1. The summed E-state index contributed by atoms with van der Waals surface area (Å²) >= 11 is 3.48. The number of rotatable bonds is 3. The summed E-state index contributed by atoms with van der Waals surface area (Å²) in [5.41, 5.74) is 3.33. The Kier molecular flexibility index (Phi) is 2.91. The number of aliphatic imine (C=N–C) groups is 1. The van der Waals surface area contributed by atoms with Crippen LogP contribution in [0.15, 0.2) is 33.9 Å². The molecule has 0 saturated carbocycles. The smallest absolute Gasteiger partial charge is 0.120 e. The van der Waals surface area contributed by atoms with E-state index in [2.05, 4.69) is 32.1 Å². The fourth-order valence-corrected chi connectivity index (χ4v) is 2.56. The van der Waals surface area contributed by atoms with E-state index in [1.54, 1.807) is 7.11 Å². The summed E-state index contributed by atoms with van der Waals surface area (Å²) in [5.74, 6) is 0.848. The quantitative estimate of drug-likeness (QED) is 0.874. The van der Waals surface area contributed by atoms with E-state index in [1.807, 2.05) is 29.2 Å². The van der Waals surface area contributed by atoms with Gasteiger partial charge >= 0.3 is 0 Å². The fourth-order valence-electron chi connectivity index (χ4n) is 2.04. The molecule has 2 aromatic rings. The van der Waals surface area contributed by atoms with E-state index in [0.29, 0.717) is 6.54 Å². The molecular formula is C13H12BrN3O. The van der Waals surface area contributed by atoms with Crippen LogP contribution in [-0.2, 0) is 13.1 Å². The predicted molar refractivity (Wildman–Crippen MR) is 73.3 cm³/mol. The summed E-state index contributed by atoms with van der Waals surface area (Å²) in [4.78, 5) is 4.17. The van der Waals surface area contributed by atoms with Crippen LogP contribution in [0.5, 0.6) is 5.75 Å². The van der Waals surface area contributed by atoms with E-state index in [0.717, 1.165) is 33.6 Å². The number of halogens is 1. The molecule has 0 radical (unpaired) electrons. The molecule has 3 rings (SSSR count). The maximum atomic E-state index is 5.25. The highest BCUT2D eigenvalue weighted by Crippen LogP contribution is 2.22. The van der Waals surface area contributed by atoms with Gasteiger partial charge in [0.25, 0.3) is 0 Å². The summed E-state index contributed by atoms with van der Waals surface area (Å²) < 4.78 is 8.21. The molecule has 1 aromatic carbocycles. The monoisotopic (exact) mass is 305 g/mol. The molecule has 0 aliphatic carbocycles. The van der Waals surface area contributed by atoms with Crippen LogP contribution >= 0.6 is 15.9 Å². The third-order valence-corrected chi connectivity index (χ3v) is 3.31. The molecule has 0 bridgehead atoms. The van der Waals surface area contributed by atoms with Crippen molar-refractivity contribution in [2.24, 2.45) is 4.99 Å². The van der Waals surface area contributed by atoms with Gasteiger partial charge in [-0.25, -0.2) is 0 Å². The molecule has 0 unspecified atom stereocenters. The van der Waals surface area contributed by atoms with E-state index in [1.165, 1.54) is 0 Å². The third-order valence-electron chi connectivity index (χ3n) is 2.85. The van der Waals surface area contributed by atoms with Crippen molar-refractivity contribution in [3.05, 3.63) is 45.7 Å². The van der Waals surface area contributed by atoms with Gasteiger partial charge in [0.05, 0.1) is 25.9 Å². The average molecular weight is 306 g/mol. The summed E-state index contributed by atoms with van der Waals surface area (Å²) in [5, 5.41) is 4.51. The summed E-state index contributed by atoms with van der Waals surface area (Å²) in [6.07, 6.45) is 3.90. The van der Waals surface area contributed by atoms with Gasteiger partial charge in [0.2, 0.25) is 0 Å². The summed E-state index contributed by atoms with van der Waals surface area (Å²) in [6.45, 7) is 1.43. The first kappa shape index (κ1) is 11.5. The van der Waals surface area contributed by atoms with Crippen LogP contribution in [0.4, 0.5) is 0 Å². The first-order valence-corrected chi connectivity index (χ1v) is 6.43. The highest BCUT2D eigenvalue weighted by molar-refractivity contribution is 9.10. The Hall–Kier alpha value is -1.62. The van der Waals surface area contributed by atoms with Crippen LogP contribution in [0, 0.1) is 0 Å². The minimum absolute atomic E-state index is 0.699. The lowest BCUT2D eigenvalue weighted by molar-refractivity contribution is 0.413. The first-order valence-electron chi connectivity index (χ1n) is 5.64. The van der Waals surface area contributed by atoms with E-state index in [9.17, 15) is 0 Å². The second-order valence-electron chi connectivity index (χ2n) is 4.20. The van der Waals surface area contributed by atoms with Gasteiger partial charge in [0.1, 0.15) is 5.75 Å². The second kappa shape index (κ2) is 4.57. The van der Waals surface area contributed by atoms with Crippen LogP contribution in [0.3, 0.4) is 0 Å². The van der Waals surface area contributed by atoms with Crippen molar-refractivity contribution in [2.45, 2.75) is 13.1 Å². The number of hydrogen-bond acceptors (Lipinski definition) is 3. The zero-order chi connectivity index (χ0) is 12.5. The lowest BCUT2D eigenvalue weighted by Gasteiger charge is -2.06. The third kappa shape index (κ3) is 2.18. The normalized spacial score (nSPS) is 12.8. The highest BCUT2D eigenvalue weighted by atomic mass is 79.9. The Morgan fingerprint density at radius 1 is 1.39 bits per heavy atom. The van der Waals surface area contributed by atoms with Crippen molar-refractivity contribution < 1.29 is 4.74 Å². The standard InChI is InChI=1S/C13H12BrN3O/c1-18-12-3-9(2-11(14)4-12)7-17-8-10-5-15-6-13(10)16-17/h2-5,8H,6-7H2,1H3. The van der Waals surface area contributed by atoms with Crippen LogP contribution in [0.25, 0.3) is 0 Å². The largest absolute Gasteiger partial charge is 0.497 e. The van der Waals surface area contributed by atoms with Gasteiger partial charge < -0.3 is 4.74 Å². The van der Waals surface area contributed by atoms with Crippen molar-refractivity contribution in [1.29, 1.82) is 0 Å². The number of benzene rings is 1. The molecule has 0 amide bonds. The Morgan fingerprint density at radius 3 is 3.06 bits per heavy atom. The number of methoxy groups -OCH3 is 1. The van der Waals surface area contributed by atoms with Crippen LogP contribution in [0.1, 0.15) is 16.8 Å². The van der Waals surface area contributed by atoms with Gasteiger partial charge in [-0.2, -0.15) is 5.10 Å². The Morgan fingerprint density at radius 2 is 2.28 bits per heavy atom. The molecule has 1 aliphatic heterocycles. The summed E-state index contributed by atoms with van der Waals surface area (Å²) in [6, 6.07) is 6.04. The maximum absolute atomic E-state index is 5.25. The first-order chi connectivity index (χ1) is 8.74. The van der Waals surface area contributed by atoms with Crippen LogP contribution in [-0.4, -0.2) is 23.1 Å². The van der Waals surface area contributed by atoms with Crippen molar-refractivity contribution in [3.8, 4) is 5.75 Å². The molecule has 92 valence electrons. The van der Waals surface area contributed by atoms with Gasteiger partial charge in [0.15, 0.2) is 0 Å². The number of nitrogens with zero attached hydrogens (tertiary/aromatic N) is 3.